The van der Waals surface area contributed by atoms with Crippen molar-refractivity contribution in [3.8, 4) is 11.1 Å². The Morgan fingerprint density at radius 2 is 1.58 bits per heavy atom. The lowest BCUT2D eigenvalue weighted by molar-refractivity contribution is -0.141. The summed E-state index contributed by atoms with van der Waals surface area (Å²) in [5.41, 5.74) is 2.04. The third kappa shape index (κ3) is 7.85. The first-order valence-electron chi connectivity index (χ1n) is 10.1. The lowest BCUT2D eigenvalue weighted by atomic mass is 9.98. The normalized spacial score (nSPS) is 15.4. The van der Waals surface area contributed by atoms with Crippen LogP contribution in [0.25, 0.3) is 11.1 Å². The van der Waals surface area contributed by atoms with E-state index in [0.29, 0.717) is 0 Å². The predicted molar refractivity (Wildman–Crippen MR) is 120 cm³/mol. The molecule has 2 aromatic rings. The number of alkyl carbamates (subject to hydrolysis) is 1. The highest BCUT2D eigenvalue weighted by Crippen LogP contribution is 2.47. The maximum atomic E-state index is 12.8. The van der Waals surface area contributed by atoms with E-state index in [4.69, 9.17) is 4.74 Å². The van der Waals surface area contributed by atoms with Gasteiger partial charge in [0.15, 0.2) is 0 Å². The number of carboxylic acid groups (broad SMARTS) is 1. The Hall–Kier alpha value is -2.63. The zero-order valence-electron chi connectivity index (χ0n) is 18.2. The van der Waals surface area contributed by atoms with Crippen LogP contribution in [0.5, 0.6) is 0 Å². The average molecular weight is 447 g/mol. The smallest absolute Gasteiger partial charge is 0.408 e. The average Bonchev–Trinajstić information content (AvgIpc) is 2.67. The van der Waals surface area contributed by atoms with Gasteiger partial charge in [0.1, 0.15) is 11.4 Å². The van der Waals surface area contributed by atoms with Gasteiger partial charge in [0.25, 0.3) is 0 Å². The van der Waals surface area contributed by atoms with Crippen molar-refractivity contribution in [1.29, 1.82) is 0 Å². The molecule has 0 heterocycles. The molecule has 0 bridgehead atoms. The first-order valence-corrected chi connectivity index (χ1v) is 12.0. The lowest BCUT2D eigenvalue weighted by Crippen LogP contribution is -2.38. The summed E-state index contributed by atoms with van der Waals surface area (Å²) in [7, 11) is -4.00. The highest BCUT2D eigenvalue weighted by Gasteiger charge is 2.35. The number of carbonyl (C=O) groups excluding carboxylic acids is 1. The molecule has 168 valence electrons. The molecule has 0 saturated heterocycles. The van der Waals surface area contributed by atoms with Gasteiger partial charge < -0.3 is 20.1 Å². The molecule has 3 N–H and O–H groups in total. The predicted octanol–water partition coefficient (Wildman–Crippen LogP) is 4.74. The van der Waals surface area contributed by atoms with Gasteiger partial charge in [-0.1, -0.05) is 54.6 Å². The number of hydrogen-bond donors (Lipinski definition) is 3. The van der Waals surface area contributed by atoms with Crippen LogP contribution in [-0.2, 0) is 20.5 Å². The molecule has 2 rings (SSSR count). The molecule has 0 saturated carbocycles. The van der Waals surface area contributed by atoms with Crippen LogP contribution < -0.4 is 5.32 Å². The van der Waals surface area contributed by atoms with Gasteiger partial charge in [0.2, 0.25) is 7.37 Å². The number of carboxylic acids is 1. The van der Waals surface area contributed by atoms with Crippen molar-refractivity contribution in [2.24, 2.45) is 5.92 Å². The Bertz CT molecular complexity index is 937. The highest BCUT2D eigenvalue weighted by molar-refractivity contribution is 7.58. The molecule has 3 atom stereocenters. The Labute approximate surface area is 182 Å². The van der Waals surface area contributed by atoms with Crippen molar-refractivity contribution in [2.45, 2.75) is 45.5 Å². The molecule has 0 aliphatic heterocycles. The second-order valence-corrected chi connectivity index (χ2v) is 11.2. The number of benzene rings is 2. The Morgan fingerprint density at radius 3 is 2.10 bits per heavy atom. The Morgan fingerprint density at radius 1 is 1.03 bits per heavy atom. The van der Waals surface area contributed by atoms with Crippen LogP contribution in [0, 0.1) is 5.92 Å². The van der Waals surface area contributed by atoms with E-state index in [0.717, 1.165) is 16.7 Å². The molecule has 8 heteroatoms. The summed E-state index contributed by atoms with van der Waals surface area (Å²) < 4.78 is 17.9. The summed E-state index contributed by atoms with van der Waals surface area (Å²) in [6, 6.07) is 17.2. The van der Waals surface area contributed by atoms with Crippen molar-refractivity contribution < 1.29 is 28.9 Å². The van der Waals surface area contributed by atoms with Crippen molar-refractivity contribution >= 4 is 19.4 Å². The zero-order valence-corrected chi connectivity index (χ0v) is 19.1. The van der Waals surface area contributed by atoms with Crippen molar-refractivity contribution in [2.75, 3.05) is 6.16 Å². The van der Waals surface area contributed by atoms with Gasteiger partial charge in [-0.15, -0.1) is 0 Å². The summed E-state index contributed by atoms with van der Waals surface area (Å²) >= 11 is 0. The van der Waals surface area contributed by atoms with E-state index < -0.39 is 42.9 Å². The molecule has 2 unspecified atom stereocenters. The highest BCUT2D eigenvalue weighted by atomic mass is 31.2. The number of amides is 1. The van der Waals surface area contributed by atoms with Gasteiger partial charge in [0, 0.05) is 6.16 Å². The minimum absolute atomic E-state index is 0.105. The van der Waals surface area contributed by atoms with Crippen LogP contribution in [0.3, 0.4) is 0 Å². The first kappa shape index (κ1) is 24.6. The van der Waals surface area contributed by atoms with E-state index in [-0.39, 0.29) is 6.42 Å². The fourth-order valence-electron chi connectivity index (χ4n) is 3.03. The van der Waals surface area contributed by atoms with Crippen LogP contribution in [0.15, 0.2) is 54.6 Å². The summed E-state index contributed by atoms with van der Waals surface area (Å²) in [6.07, 6.45) is -1.17. The lowest BCUT2D eigenvalue weighted by Gasteiger charge is -2.25. The summed E-state index contributed by atoms with van der Waals surface area (Å²) in [4.78, 5) is 34.1. The van der Waals surface area contributed by atoms with E-state index in [9.17, 15) is 24.2 Å². The number of carbonyl (C=O) groups is 2. The van der Waals surface area contributed by atoms with Gasteiger partial charge in [-0.05, 0) is 50.8 Å². The first-order chi connectivity index (χ1) is 14.4. The zero-order chi connectivity index (χ0) is 23.2. The fraction of sp³-hybridized carbons (Fsp3) is 0.391. The van der Waals surface area contributed by atoms with Crippen molar-refractivity contribution in [1.82, 2.24) is 5.32 Å². The monoisotopic (exact) mass is 447 g/mol. The number of aliphatic carboxylic acids is 1. The molecule has 0 fully saturated rings. The number of nitrogens with one attached hydrogen (secondary N) is 1. The molecule has 0 aromatic heterocycles. The molecule has 2 aromatic carbocycles. The van der Waals surface area contributed by atoms with Crippen molar-refractivity contribution in [3.63, 3.8) is 0 Å². The third-order valence-electron chi connectivity index (χ3n) is 4.71. The molecule has 0 aliphatic carbocycles. The molecule has 7 nitrogen and oxygen atoms in total. The second-order valence-electron chi connectivity index (χ2n) is 8.56. The van der Waals surface area contributed by atoms with E-state index in [1.54, 1.807) is 20.8 Å². The largest absolute Gasteiger partial charge is 0.481 e. The summed E-state index contributed by atoms with van der Waals surface area (Å²) in [6.45, 7) is 6.41. The molecular formula is C23H30NO6P. The molecule has 0 radical (unpaired) electrons. The number of hydrogen-bond acceptors (Lipinski definition) is 4. The number of rotatable bonds is 8. The minimum Gasteiger partial charge on any atom is -0.481 e. The Kier molecular flexibility index (Phi) is 8.04. The van der Waals surface area contributed by atoms with Gasteiger partial charge >= 0.3 is 12.1 Å². The minimum atomic E-state index is -4.00. The van der Waals surface area contributed by atoms with Crippen LogP contribution in [0.1, 0.15) is 33.3 Å². The quantitative estimate of drug-likeness (QED) is 0.504. The Balaban J connectivity index is 2.05. The van der Waals surface area contributed by atoms with E-state index in [2.05, 4.69) is 5.32 Å². The van der Waals surface area contributed by atoms with Crippen LogP contribution in [0.4, 0.5) is 4.79 Å². The number of ether oxygens (including phenoxy) is 1. The van der Waals surface area contributed by atoms with Crippen molar-refractivity contribution in [3.05, 3.63) is 60.2 Å². The molecule has 1 amide bonds. The topological polar surface area (TPSA) is 113 Å². The second kappa shape index (κ2) is 10.1. The van der Waals surface area contributed by atoms with Gasteiger partial charge in [-0.3, -0.25) is 9.36 Å². The van der Waals surface area contributed by atoms with E-state index in [1.807, 2.05) is 54.6 Å². The maximum absolute atomic E-state index is 12.8. The van der Waals surface area contributed by atoms with Gasteiger partial charge in [-0.2, -0.15) is 0 Å². The maximum Gasteiger partial charge on any atom is 0.408 e. The van der Waals surface area contributed by atoms with Gasteiger partial charge in [0.05, 0.1) is 5.92 Å². The molecule has 0 spiro atoms. The molecule has 31 heavy (non-hydrogen) atoms. The SMILES string of the molecule is CC(NC(=O)OC(C)(C)C)P(=O)(O)C[C@H](Cc1ccc(-c2ccccc2)cc1)C(=O)O. The summed E-state index contributed by atoms with van der Waals surface area (Å²) in [5.74, 6) is -3.36. The van der Waals surface area contributed by atoms with Crippen LogP contribution in [0.2, 0.25) is 0 Å². The van der Waals surface area contributed by atoms with E-state index in [1.165, 1.54) is 6.92 Å². The summed E-state index contributed by atoms with van der Waals surface area (Å²) in [5, 5.41) is 11.9. The molecular weight excluding hydrogens is 417 g/mol. The van der Waals surface area contributed by atoms with Gasteiger partial charge in [-0.25, -0.2) is 4.79 Å². The molecule has 0 aliphatic rings. The standard InChI is InChI=1S/C23H30NO6P/c1-16(24-22(27)30-23(2,3)4)31(28,29)15-20(21(25)26)14-17-10-12-19(13-11-17)18-8-6-5-7-9-18/h5-13,16,20H,14-15H2,1-4H3,(H,24,27)(H,25,26)(H,28,29)/t16?,20-/m0/s1. The van der Waals surface area contributed by atoms with E-state index >= 15 is 0 Å². The van der Waals surface area contributed by atoms with Crippen LogP contribution >= 0.6 is 7.37 Å². The fourth-order valence-corrected chi connectivity index (χ4v) is 4.57. The third-order valence-corrected chi connectivity index (χ3v) is 7.01. The van der Waals surface area contributed by atoms with Crippen LogP contribution in [-0.4, -0.2) is 39.6 Å².